The van der Waals surface area contributed by atoms with Gasteiger partial charge >= 0.3 is 0 Å². The Morgan fingerprint density at radius 1 is 1.08 bits per heavy atom. The maximum absolute atomic E-state index is 12.5. The normalized spacial score (nSPS) is 11.8. The molecule has 0 aliphatic carbocycles. The molecular formula is C19H21N3O3S. The standard InChI is InChI=1S/C19H21N3O3S/c1-14-11-15-7-4-5-10-18(15)22(14)13-19(23)20-16-8-6-9-17(12-16)26(24,25)21(2)3/h4-12H,13H2,1-3H3,(H,20,23). The molecule has 0 aliphatic heterocycles. The Hall–Kier alpha value is -2.64. The lowest BCUT2D eigenvalue weighted by Gasteiger charge is -2.13. The second-order valence-electron chi connectivity index (χ2n) is 6.29. The van der Waals surface area contributed by atoms with E-state index in [0.29, 0.717) is 5.69 Å². The van der Waals surface area contributed by atoms with E-state index in [-0.39, 0.29) is 17.3 Å². The highest BCUT2D eigenvalue weighted by Crippen LogP contribution is 2.20. The van der Waals surface area contributed by atoms with Gasteiger partial charge in [0.1, 0.15) is 6.54 Å². The molecule has 0 unspecified atom stereocenters. The van der Waals surface area contributed by atoms with Gasteiger partial charge in [-0.3, -0.25) is 4.79 Å². The number of hydrogen-bond donors (Lipinski definition) is 1. The number of para-hydroxylation sites is 1. The summed E-state index contributed by atoms with van der Waals surface area (Å²) < 4.78 is 27.5. The molecule has 0 bridgehead atoms. The van der Waals surface area contributed by atoms with Gasteiger partial charge in [0.2, 0.25) is 15.9 Å². The highest BCUT2D eigenvalue weighted by Gasteiger charge is 2.18. The first-order chi connectivity index (χ1) is 12.3. The fraction of sp³-hybridized carbons (Fsp3) is 0.211. The molecule has 0 atom stereocenters. The summed E-state index contributed by atoms with van der Waals surface area (Å²) in [5, 5.41) is 3.86. The predicted octanol–water partition coefficient (Wildman–Crippen LogP) is 2.84. The fourth-order valence-corrected chi connectivity index (χ4v) is 3.80. The van der Waals surface area contributed by atoms with Gasteiger partial charge < -0.3 is 9.88 Å². The molecule has 1 amide bonds. The molecule has 1 aromatic heterocycles. The Kier molecular flexibility index (Phi) is 4.84. The van der Waals surface area contributed by atoms with Gasteiger partial charge in [0.05, 0.1) is 4.90 Å². The summed E-state index contributed by atoms with van der Waals surface area (Å²) in [6.45, 7) is 2.11. The SMILES string of the molecule is Cc1cc2ccccc2n1CC(=O)Nc1cccc(S(=O)(=O)N(C)C)c1. The molecule has 26 heavy (non-hydrogen) atoms. The summed E-state index contributed by atoms with van der Waals surface area (Å²) in [5.74, 6) is -0.214. The number of aryl methyl sites for hydroxylation is 1. The number of aromatic nitrogens is 1. The van der Waals surface area contributed by atoms with Crippen LogP contribution in [0, 0.1) is 6.92 Å². The first-order valence-electron chi connectivity index (χ1n) is 8.16. The molecule has 1 heterocycles. The van der Waals surface area contributed by atoms with Gasteiger partial charge in [-0.25, -0.2) is 12.7 Å². The summed E-state index contributed by atoms with van der Waals surface area (Å²) in [5.41, 5.74) is 2.43. The molecule has 0 fully saturated rings. The van der Waals surface area contributed by atoms with Gasteiger partial charge in [-0.15, -0.1) is 0 Å². The average molecular weight is 371 g/mol. The van der Waals surface area contributed by atoms with Crippen LogP contribution in [0.15, 0.2) is 59.5 Å². The van der Waals surface area contributed by atoms with Crippen molar-refractivity contribution in [1.29, 1.82) is 0 Å². The van der Waals surface area contributed by atoms with E-state index in [2.05, 4.69) is 5.32 Å². The van der Waals surface area contributed by atoms with E-state index in [4.69, 9.17) is 0 Å². The molecule has 0 radical (unpaired) electrons. The van der Waals surface area contributed by atoms with Crippen LogP contribution >= 0.6 is 0 Å². The van der Waals surface area contributed by atoms with Crippen molar-refractivity contribution in [2.75, 3.05) is 19.4 Å². The van der Waals surface area contributed by atoms with Gasteiger partial charge in [0.15, 0.2) is 0 Å². The van der Waals surface area contributed by atoms with E-state index in [1.165, 1.54) is 26.2 Å². The third-order valence-corrected chi connectivity index (χ3v) is 6.03. The van der Waals surface area contributed by atoms with Crippen molar-refractivity contribution in [1.82, 2.24) is 8.87 Å². The largest absolute Gasteiger partial charge is 0.335 e. The van der Waals surface area contributed by atoms with Crippen molar-refractivity contribution in [3.8, 4) is 0 Å². The molecule has 0 saturated carbocycles. The van der Waals surface area contributed by atoms with Crippen LogP contribution < -0.4 is 5.32 Å². The number of fused-ring (bicyclic) bond motifs is 1. The van der Waals surface area contributed by atoms with E-state index in [9.17, 15) is 13.2 Å². The third kappa shape index (κ3) is 3.49. The summed E-state index contributed by atoms with van der Waals surface area (Å²) in [6, 6.07) is 16.2. The number of nitrogens with one attached hydrogen (secondary N) is 1. The van der Waals surface area contributed by atoms with Crippen LogP contribution in [0.2, 0.25) is 0 Å². The number of amides is 1. The Bertz CT molecular complexity index is 1070. The molecule has 3 rings (SSSR count). The maximum atomic E-state index is 12.5. The van der Waals surface area contributed by atoms with Gasteiger partial charge in [-0.2, -0.15) is 0 Å². The zero-order chi connectivity index (χ0) is 18.9. The Morgan fingerprint density at radius 3 is 2.54 bits per heavy atom. The van der Waals surface area contributed by atoms with Gasteiger partial charge in [-0.05, 0) is 42.6 Å². The van der Waals surface area contributed by atoms with Gasteiger partial charge in [0.25, 0.3) is 0 Å². The summed E-state index contributed by atoms with van der Waals surface area (Å²) in [7, 11) is -0.598. The molecule has 136 valence electrons. The molecular weight excluding hydrogens is 350 g/mol. The Morgan fingerprint density at radius 2 is 1.81 bits per heavy atom. The number of rotatable bonds is 5. The molecule has 0 aliphatic rings. The van der Waals surface area contributed by atoms with Crippen molar-refractivity contribution in [3.05, 3.63) is 60.3 Å². The first kappa shape index (κ1) is 18.2. The topological polar surface area (TPSA) is 71.4 Å². The van der Waals surface area contributed by atoms with Crippen LogP contribution in [0.1, 0.15) is 5.69 Å². The highest BCUT2D eigenvalue weighted by molar-refractivity contribution is 7.89. The minimum Gasteiger partial charge on any atom is -0.335 e. The van der Waals surface area contributed by atoms with Crippen molar-refractivity contribution in [3.63, 3.8) is 0 Å². The molecule has 6 nitrogen and oxygen atoms in total. The summed E-state index contributed by atoms with van der Waals surface area (Å²) in [4.78, 5) is 12.6. The second kappa shape index (κ2) is 6.93. The summed E-state index contributed by atoms with van der Waals surface area (Å²) >= 11 is 0. The van der Waals surface area contributed by atoms with E-state index < -0.39 is 10.0 Å². The van der Waals surface area contributed by atoms with E-state index in [1.54, 1.807) is 12.1 Å². The quantitative estimate of drug-likeness (QED) is 0.750. The number of sulfonamides is 1. The van der Waals surface area contributed by atoms with Crippen LogP contribution in [-0.4, -0.2) is 37.3 Å². The van der Waals surface area contributed by atoms with Gasteiger partial charge in [-0.1, -0.05) is 24.3 Å². The van der Waals surface area contributed by atoms with Crippen LogP contribution in [0.3, 0.4) is 0 Å². The molecule has 0 spiro atoms. The predicted molar refractivity (Wildman–Crippen MR) is 103 cm³/mol. The zero-order valence-electron chi connectivity index (χ0n) is 14.9. The van der Waals surface area contributed by atoms with Crippen LogP contribution in [0.5, 0.6) is 0 Å². The Labute approximate surface area is 153 Å². The summed E-state index contributed by atoms with van der Waals surface area (Å²) in [6.07, 6.45) is 0. The number of carbonyl (C=O) groups is 1. The van der Waals surface area contributed by atoms with E-state index in [1.807, 2.05) is 41.8 Å². The zero-order valence-corrected chi connectivity index (χ0v) is 15.7. The first-order valence-corrected chi connectivity index (χ1v) is 9.60. The lowest BCUT2D eigenvalue weighted by atomic mass is 10.2. The Balaban J connectivity index is 1.82. The number of benzene rings is 2. The van der Waals surface area contributed by atoms with Crippen LogP contribution in [0.4, 0.5) is 5.69 Å². The molecule has 3 aromatic rings. The fourth-order valence-electron chi connectivity index (χ4n) is 2.85. The highest BCUT2D eigenvalue weighted by atomic mass is 32.2. The van der Waals surface area contributed by atoms with E-state index >= 15 is 0 Å². The van der Waals surface area contributed by atoms with Gasteiger partial charge in [0, 0.05) is 31.0 Å². The number of hydrogen-bond acceptors (Lipinski definition) is 3. The monoisotopic (exact) mass is 371 g/mol. The van der Waals surface area contributed by atoms with E-state index in [0.717, 1.165) is 20.9 Å². The number of nitrogens with zero attached hydrogens (tertiary/aromatic N) is 2. The second-order valence-corrected chi connectivity index (χ2v) is 8.45. The third-order valence-electron chi connectivity index (χ3n) is 4.22. The lowest BCUT2D eigenvalue weighted by molar-refractivity contribution is -0.116. The van der Waals surface area contributed by atoms with Crippen LogP contribution in [0.25, 0.3) is 10.9 Å². The molecule has 7 heteroatoms. The minimum atomic E-state index is -3.54. The average Bonchev–Trinajstić information content (AvgIpc) is 2.90. The van der Waals surface area contributed by atoms with Crippen molar-refractivity contribution < 1.29 is 13.2 Å². The van der Waals surface area contributed by atoms with Crippen molar-refractivity contribution in [2.24, 2.45) is 0 Å². The van der Waals surface area contributed by atoms with Crippen LogP contribution in [-0.2, 0) is 21.4 Å². The maximum Gasteiger partial charge on any atom is 0.244 e. The molecule has 2 aromatic carbocycles. The number of carbonyl (C=O) groups excluding carboxylic acids is 1. The lowest BCUT2D eigenvalue weighted by Crippen LogP contribution is -2.23. The van der Waals surface area contributed by atoms with Crippen molar-refractivity contribution in [2.45, 2.75) is 18.4 Å². The minimum absolute atomic E-state index is 0.142. The molecule has 1 N–H and O–H groups in total. The smallest absolute Gasteiger partial charge is 0.244 e. The number of anilines is 1. The molecule has 0 saturated heterocycles. The van der Waals surface area contributed by atoms with Crippen molar-refractivity contribution >= 4 is 32.5 Å².